The Bertz CT molecular complexity index is 644. The molecule has 0 nitrogen and oxygen atoms in total. The third kappa shape index (κ3) is 3.62. The zero-order valence-electron chi connectivity index (χ0n) is 16.0. The van der Waals surface area contributed by atoms with Crippen molar-refractivity contribution in [2.75, 3.05) is 0 Å². The fraction of sp³-hybridized carbons (Fsp3) is 0.520. The first-order valence-electron chi connectivity index (χ1n) is 10.3. The molecule has 3 rings (SSSR count). The molecule has 0 unspecified atom stereocenters. The van der Waals surface area contributed by atoms with Gasteiger partial charge >= 0.3 is 0 Å². The highest BCUT2D eigenvalue weighted by atomic mass is 14.5. The molecule has 0 fully saturated rings. The molecule has 3 aliphatic rings. The van der Waals surface area contributed by atoms with E-state index in [0.29, 0.717) is 0 Å². The molecule has 25 heavy (non-hydrogen) atoms. The van der Waals surface area contributed by atoms with Gasteiger partial charge < -0.3 is 0 Å². The van der Waals surface area contributed by atoms with Crippen molar-refractivity contribution in [1.29, 1.82) is 0 Å². The van der Waals surface area contributed by atoms with Gasteiger partial charge in [0.15, 0.2) is 0 Å². The monoisotopic (exact) mass is 332 g/mol. The summed E-state index contributed by atoms with van der Waals surface area (Å²) in [6.07, 6.45) is 29.8. The Morgan fingerprint density at radius 3 is 2.36 bits per heavy atom. The predicted octanol–water partition coefficient (Wildman–Crippen LogP) is 7.38. The van der Waals surface area contributed by atoms with Crippen LogP contribution in [0.4, 0.5) is 0 Å². The van der Waals surface area contributed by atoms with Crippen molar-refractivity contribution in [1.82, 2.24) is 0 Å². The second kappa shape index (κ2) is 8.57. The summed E-state index contributed by atoms with van der Waals surface area (Å²) in [5.41, 5.74) is 9.50. The minimum absolute atomic E-state index is 0.196. The average molecular weight is 333 g/mol. The lowest BCUT2D eigenvalue weighted by atomic mass is 9.68. The molecular weight excluding hydrogens is 300 g/mol. The molecule has 0 amide bonds. The van der Waals surface area contributed by atoms with Crippen molar-refractivity contribution < 1.29 is 0 Å². The Kier molecular flexibility index (Phi) is 6.19. The Hall–Kier alpha value is -1.74. The number of allylic oxidation sites excluding steroid dienone is 9. The first-order valence-corrected chi connectivity index (χ1v) is 10.3. The molecule has 0 aliphatic heterocycles. The molecule has 0 aromatic rings. The Morgan fingerprint density at radius 1 is 0.960 bits per heavy atom. The third-order valence-corrected chi connectivity index (χ3v) is 5.96. The van der Waals surface area contributed by atoms with Gasteiger partial charge in [-0.15, -0.1) is 24.1 Å². The number of unbranched alkanes of at least 4 members (excludes halogenated alkanes) is 6. The van der Waals surface area contributed by atoms with E-state index in [1.54, 1.807) is 0 Å². The summed E-state index contributed by atoms with van der Waals surface area (Å²) in [5.74, 6) is 0. The lowest BCUT2D eigenvalue weighted by Crippen LogP contribution is -2.24. The smallest absolute Gasteiger partial charge is 0.0969 e. The summed E-state index contributed by atoms with van der Waals surface area (Å²) in [6, 6.07) is 0. The molecule has 0 aromatic heterocycles. The van der Waals surface area contributed by atoms with Crippen LogP contribution < -0.4 is 0 Å². The largest absolute Gasteiger partial charge is 0.242 e. The van der Waals surface area contributed by atoms with Gasteiger partial charge in [0.2, 0.25) is 0 Å². The van der Waals surface area contributed by atoms with Gasteiger partial charge in [-0.25, -0.2) is 5.73 Å². The van der Waals surface area contributed by atoms with Crippen LogP contribution in [-0.2, 0) is 0 Å². The van der Waals surface area contributed by atoms with Crippen LogP contribution >= 0.6 is 0 Å². The van der Waals surface area contributed by atoms with Gasteiger partial charge in [0.25, 0.3) is 0 Å². The van der Waals surface area contributed by atoms with Gasteiger partial charge in [-0.05, 0) is 12.8 Å². The molecule has 0 spiro atoms. The maximum atomic E-state index is 3.38. The van der Waals surface area contributed by atoms with Crippen molar-refractivity contribution in [2.24, 2.45) is 5.41 Å². The Morgan fingerprint density at radius 2 is 1.68 bits per heavy atom. The van der Waals surface area contributed by atoms with Gasteiger partial charge in [-0.2, -0.15) is 0 Å². The van der Waals surface area contributed by atoms with E-state index in [-0.39, 0.29) is 5.41 Å². The number of hydrogen-bond acceptors (Lipinski definition) is 0. The van der Waals surface area contributed by atoms with E-state index in [9.17, 15) is 0 Å². The second-order valence-electron chi connectivity index (χ2n) is 7.65. The van der Waals surface area contributed by atoms with Gasteiger partial charge in [0.05, 0.1) is 12.2 Å². The SMILES string of the molecule is CCCCCCC1(CCCCCC)C2=C(C=C[C+]=C2)C2=C1C=C=C[CH-]2. The fourth-order valence-corrected chi connectivity index (χ4v) is 4.64. The van der Waals surface area contributed by atoms with E-state index in [1.165, 1.54) is 86.5 Å². The molecule has 132 valence electrons. The van der Waals surface area contributed by atoms with Gasteiger partial charge in [-0.3, -0.25) is 0 Å². The highest BCUT2D eigenvalue weighted by Crippen LogP contribution is 2.56. The highest BCUT2D eigenvalue weighted by molar-refractivity contribution is 5.69. The summed E-state index contributed by atoms with van der Waals surface area (Å²) in [7, 11) is 0. The van der Waals surface area contributed by atoms with Crippen LogP contribution in [0.2, 0.25) is 0 Å². The molecule has 0 aromatic carbocycles. The van der Waals surface area contributed by atoms with Crippen molar-refractivity contribution in [3.05, 3.63) is 70.9 Å². The zero-order valence-corrected chi connectivity index (χ0v) is 16.0. The first kappa shape index (κ1) is 18.1. The summed E-state index contributed by atoms with van der Waals surface area (Å²) < 4.78 is 0. The average Bonchev–Trinajstić information content (AvgIpc) is 2.94. The third-order valence-electron chi connectivity index (χ3n) is 5.96. The lowest BCUT2D eigenvalue weighted by molar-refractivity contribution is 0.348. The summed E-state index contributed by atoms with van der Waals surface area (Å²) in [6.45, 7) is 4.59. The van der Waals surface area contributed by atoms with E-state index >= 15 is 0 Å². The lowest BCUT2D eigenvalue weighted by Gasteiger charge is -2.35. The molecule has 0 saturated carbocycles. The molecule has 0 heterocycles. The summed E-state index contributed by atoms with van der Waals surface area (Å²) >= 11 is 0. The van der Waals surface area contributed by atoms with Crippen molar-refractivity contribution in [2.45, 2.75) is 78.1 Å². The van der Waals surface area contributed by atoms with Gasteiger partial charge in [-0.1, -0.05) is 70.8 Å². The summed E-state index contributed by atoms with van der Waals surface area (Å²) in [5, 5.41) is 0. The predicted molar refractivity (Wildman–Crippen MR) is 108 cm³/mol. The van der Waals surface area contributed by atoms with Gasteiger partial charge in [0, 0.05) is 28.7 Å². The standard InChI is InChI=1S/C25H32/c1-3-5-7-13-19-25(20-14-8-6-4-2)23-17-11-9-15-21(23)22-16-10-12-18-24(22)25/h9-10,15-18H,3-8,13-14,19-20H2,1-2H3. The minimum Gasteiger partial charge on any atom is -0.242 e. The molecular formula is C25H32. The topological polar surface area (TPSA) is 0 Å². The quantitative estimate of drug-likeness (QED) is 0.222. The molecule has 0 saturated heterocycles. The highest BCUT2D eigenvalue weighted by Gasteiger charge is 2.43. The van der Waals surface area contributed by atoms with E-state index in [2.05, 4.69) is 62.5 Å². The van der Waals surface area contributed by atoms with Crippen LogP contribution in [0, 0.1) is 17.9 Å². The zero-order chi connectivity index (χ0) is 17.5. The fourth-order valence-electron chi connectivity index (χ4n) is 4.64. The van der Waals surface area contributed by atoms with E-state index < -0.39 is 0 Å². The minimum atomic E-state index is 0.196. The van der Waals surface area contributed by atoms with E-state index in [4.69, 9.17) is 0 Å². The van der Waals surface area contributed by atoms with E-state index in [0.717, 1.165) is 0 Å². The van der Waals surface area contributed by atoms with Crippen molar-refractivity contribution in [3.8, 4) is 0 Å². The number of fused-ring (bicyclic) bond motifs is 1. The van der Waals surface area contributed by atoms with Crippen LogP contribution in [0.1, 0.15) is 78.1 Å². The number of rotatable bonds is 10. The Labute approximate surface area is 154 Å². The normalized spacial score (nSPS) is 19.1. The van der Waals surface area contributed by atoms with Crippen molar-refractivity contribution in [3.63, 3.8) is 0 Å². The molecule has 0 atom stereocenters. The molecule has 3 aliphatic carbocycles. The Balaban J connectivity index is 1.90. The molecule has 0 radical (unpaired) electrons. The number of hydrogen-bond donors (Lipinski definition) is 0. The maximum absolute atomic E-state index is 3.38. The van der Waals surface area contributed by atoms with Crippen LogP contribution in [-0.4, -0.2) is 0 Å². The van der Waals surface area contributed by atoms with Crippen LogP contribution in [0.3, 0.4) is 0 Å². The summed E-state index contributed by atoms with van der Waals surface area (Å²) in [4.78, 5) is 0. The molecule has 0 bridgehead atoms. The van der Waals surface area contributed by atoms with Crippen LogP contribution in [0.25, 0.3) is 0 Å². The molecule has 0 heteroatoms. The van der Waals surface area contributed by atoms with E-state index in [1.807, 2.05) is 0 Å². The van der Waals surface area contributed by atoms with Crippen LogP contribution in [0.5, 0.6) is 0 Å². The molecule has 0 N–H and O–H groups in total. The first-order chi connectivity index (χ1) is 12.3. The van der Waals surface area contributed by atoms with Crippen LogP contribution in [0.15, 0.2) is 58.4 Å². The van der Waals surface area contributed by atoms with Gasteiger partial charge in [0.1, 0.15) is 0 Å². The second-order valence-corrected chi connectivity index (χ2v) is 7.65. The van der Waals surface area contributed by atoms with Crippen molar-refractivity contribution >= 4 is 0 Å². The maximum Gasteiger partial charge on any atom is 0.0969 e.